The van der Waals surface area contributed by atoms with Crippen molar-refractivity contribution in [2.45, 2.75) is 44.9 Å². The first-order valence-electron chi connectivity index (χ1n) is 9.29. The third-order valence-corrected chi connectivity index (χ3v) is 11.2. The minimum Gasteiger partial charge on any atom is -0.307 e. The third kappa shape index (κ3) is 5.76. The van der Waals surface area contributed by atoms with Gasteiger partial charge < -0.3 is 18.1 Å². The highest BCUT2D eigenvalue weighted by Crippen LogP contribution is 2.81. The summed E-state index contributed by atoms with van der Waals surface area (Å²) in [6.45, 7) is 6.50. The van der Waals surface area contributed by atoms with Crippen LogP contribution in [0, 0.1) is 0 Å². The van der Waals surface area contributed by atoms with Crippen LogP contribution >= 0.6 is 26.8 Å². The van der Waals surface area contributed by atoms with E-state index in [0.29, 0.717) is 5.56 Å². The second-order valence-corrected chi connectivity index (χ2v) is 11.7. The maximum atomic E-state index is 13.6. The summed E-state index contributed by atoms with van der Waals surface area (Å²) in [7, 11) is -8.34. The zero-order valence-electron chi connectivity index (χ0n) is 16.8. The second kappa shape index (κ2) is 11.6. The average Bonchev–Trinajstić information content (AvgIpc) is 2.67. The van der Waals surface area contributed by atoms with Crippen molar-refractivity contribution >= 4 is 32.6 Å². The van der Waals surface area contributed by atoms with Gasteiger partial charge in [-0.15, -0.1) is 0 Å². The molecule has 0 spiro atoms. The molecular formula is C18H29ClO7P2. The quantitative estimate of drug-likeness (QED) is 0.191. The van der Waals surface area contributed by atoms with Crippen LogP contribution in [-0.4, -0.2) is 36.6 Å². The van der Waals surface area contributed by atoms with Crippen LogP contribution in [0.25, 0.3) is 0 Å². The van der Waals surface area contributed by atoms with Crippen LogP contribution in [0.2, 0.25) is 0 Å². The lowest BCUT2D eigenvalue weighted by molar-refractivity contribution is 0.0978. The van der Waals surface area contributed by atoms with Crippen molar-refractivity contribution in [1.29, 1.82) is 0 Å². The summed E-state index contributed by atoms with van der Waals surface area (Å²) >= 11 is 6.72. The fourth-order valence-corrected chi connectivity index (χ4v) is 8.26. The van der Waals surface area contributed by atoms with Crippen LogP contribution in [0.15, 0.2) is 30.3 Å². The van der Waals surface area contributed by atoms with Crippen LogP contribution in [0.4, 0.5) is 0 Å². The Morgan fingerprint density at radius 3 is 1.61 bits per heavy atom. The Morgan fingerprint density at radius 2 is 1.25 bits per heavy atom. The molecule has 0 aliphatic rings. The van der Waals surface area contributed by atoms with Crippen molar-refractivity contribution in [1.82, 2.24) is 0 Å². The standard InChI is InChI=1S/C18H29ClO7P2/c1-5-23-27(21,24-6-2)18(19,28(22,25-7-3)26-8-4)15-14-17(20)16-12-10-9-11-13-16/h9-13H,5-8,14-15H2,1-4H3. The molecule has 0 bridgehead atoms. The molecule has 0 N–H and O–H groups in total. The molecule has 160 valence electrons. The summed E-state index contributed by atoms with van der Waals surface area (Å²) in [5.74, 6) is -0.246. The summed E-state index contributed by atoms with van der Waals surface area (Å²) < 4.78 is 46.4. The minimum absolute atomic E-state index is 0.0105. The fraction of sp³-hybridized carbons (Fsp3) is 0.611. The van der Waals surface area contributed by atoms with Crippen molar-refractivity contribution in [3.63, 3.8) is 0 Å². The molecule has 10 heteroatoms. The highest BCUT2D eigenvalue weighted by atomic mass is 35.5. The molecule has 0 unspecified atom stereocenters. The van der Waals surface area contributed by atoms with E-state index < -0.39 is 19.5 Å². The van der Waals surface area contributed by atoms with E-state index in [1.165, 1.54) is 0 Å². The molecule has 0 aliphatic heterocycles. The SMILES string of the molecule is CCOP(=O)(OCC)C(Cl)(CCC(=O)c1ccccc1)P(=O)(OCC)OCC. The molecule has 0 atom stereocenters. The molecule has 0 heterocycles. The Hall–Kier alpha value is -0.520. The van der Waals surface area contributed by atoms with Gasteiger partial charge in [0.15, 0.2) is 5.78 Å². The fourth-order valence-electron chi connectivity index (χ4n) is 2.61. The van der Waals surface area contributed by atoms with Crippen LogP contribution in [0.1, 0.15) is 50.9 Å². The van der Waals surface area contributed by atoms with Crippen molar-refractivity contribution in [2.75, 3.05) is 26.4 Å². The van der Waals surface area contributed by atoms with Crippen molar-refractivity contribution in [3.8, 4) is 0 Å². The lowest BCUT2D eigenvalue weighted by Gasteiger charge is -2.37. The van der Waals surface area contributed by atoms with E-state index in [4.69, 9.17) is 29.7 Å². The molecule has 0 saturated heterocycles. The van der Waals surface area contributed by atoms with Gasteiger partial charge in [0.2, 0.25) is 4.36 Å². The van der Waals surface area contributed by atoms with Gasteiger partial charge in [0.25, 0.3) is 0 Å². The van der Waals surface area contributed by atoms with Gasteiger partial charge in [-0.2, -0.15) is 0 Å². The Morgan fingerprint density at radius 1 is 0.857 bits per heavy atom. The summed E-state index contributed by atoms with van der Waals surface area (Å²) in [4.78, 5) is 12.6. The van der Waals surface area contributed by atoms with Crippen LogP contribution < -0.4 is 0 Å². The molecule has 1 aromatic carbocycles. The zero-order valence-corrected chi connectivity index (χ0v) is 19.3. The summed E-state index contributed by atoms with van der Waals surface area (Å²) in [6, 6.07) is 8.58. The first-order chi connectivity index (χ1) is 13.2. The summed E-state index contributed by atoms with van der Waals surface area (Å²) in [6.07, 6.45) is -0.404. The summed E-state index contributed by atoms with van der Waals surface area (Å²) in [5.41, 5.74) is 0.465. The molecule has 28 heavy (non-hydrogen) atoms. The minimum atomic E-state index is -4.17. The first kappa shape index (κ1) is 25.5. The number of hydrogen-bond donors (Lipinski definition) is 0. The number of carbonyl (C=O) groups excluding carboxylic acids is 1. The molecule has 1 rings (SSSR count). The van der Waals surface area contributed by atoms with Crippen LogP contribution in [0.3, 0.4) is 0 Å². The van der Waals surface area contributed by atoms with Gasteiger partial charge >= 0.3 is 15.2 Å². The van der Waals surface area contributed by atoms with Gasteiger partial charge in [0, 0.05) is 12.0 Å². The number of benzene rings is 1. The summed E-state index contributed by atoms with van der Waals surface area (Å²) in [5, 5.41) is 0. The molecule has 0 aliphatic carbocycles. The van der Waals surface area contributed by atoms with E-state index in [2.05, 4.69) is 0 Å². The van der Waals surface area contributed by atoms with Gasteiger partial charge in [-0.1, -0.05) is 41.9 Å². The van der Waals surface area contributed by atoms with E-state index in [0.717, 1.165) is 0 Å². The molecule has 0 aromatic heterocycles. The highest BCUT2D eigenvalue weighted by molar-refractivity contribution is 7.77. The van der Waals surface area contributed by atoms with Gasteiger partial charge in [-0.3, -0.25) is 13.9 Å². The average molecular weight is 455 g/mol. The van der Waals surface area contributed by atoms with Crippen LogP contribution in [0.5, 0.6) is 0 Å². The monoisotopic (exact) mass is 454 g/mol. The van der Waals surface area contributed by atoms with E-state index in [9.17, 15) is 13.9 Å². The van der Waals surface area contributed by atoms with Gasteiger partial charge in [-0.25, -0.2) is 0 Å². The number of alkyl halides is 1. The lowest BCUT2D eigenvalue weighted by atomic mass is 10.1. The molecule has 7 nitrogen and oxygen atoms in total. The number of ketones is 1. The largest absolute Gasteiger partial charge is 0.363 e. The predicted octanol–water partition coefficient (Wildman–Crippen LogP) is 6.07. The number of hydrogen-bond acceptors (Lipinski definition) is 7. The Bertz CT molecular complexity index is 661. The second-order valence-electron chi connectivity index (χ2n) is 5.67. The number of halogens is 1. The smallest absolute Gasteiger partial charge is 0.307 e. The number of rotatable bonds is 14. The van der Waals surface area contributed by atoms with E-state index in [-0.39, 0.29) is 45.1 Å². The first-order valence-corrected chi connectivity index (χ1v) is 12.7. The topological polar surface area (TPSA) is 88.1 Å². The van der Waals surface area contributed by atoms with Gasteiger partial charge in [0.1, 0.15) is 0 Å². The van der Waals surface area contributed by atoms with Crippen molar-refractivity contribution in [3.05, 3.63) is 35.9 Å². The van der Waals surface area contributed by atoms with E-state index in [1.54, 1.807) is 58.0 Å². The maximum absolute atomic E-state index is 13.6. The number of carbonyl (C=O) groups is 1. The molecule has 0 fully saturated rings. The zero-order chi connectivity index (χ0) is 21.3. The predicted molar refractivity (Wildman–Crippen MR) is 110 cm³/mol. The molecular weight excluding hydrogens is 426 g/mol. The lowest BCUT2D eigenvalue weighted by Crippen LogP contribution is -2.28. The Kier molecular flexibility index (Phi) is 10.6. The van der Waals surface area contributed by atoms with E-state index in [1.807, 2.05) is 0 Å². The maximum Gasteiger partial charge on any atom is 0.363 e. The van der Waals surface area contributed by atoms with E-state index >= 15 is 0 Å². The third-order valence-electron chi connectivity index (χ3n) is 3.80. The Labute approximate surface area is 172 Å². The van der Waals surface area contributed by atoms with Gasteiger partial charge in [-0.05, 0) is 34.1 Å². The number of Topliss-reactive ketones (excluding diaryl/α,β-unsaturated/α-hetero) is 1. The highest BCUT2D eigenvalue weighted by Gasteiger charge is 2.64. The van der Waals surface area contributed by atoms with Crippen molar-refractivity contribution in [2.24, 2.45) is 0 Å². The molecule has 0 saturated carbocycles. The van der Waals surface area contributed by atoms with Crippen LogP contribution in [-0.2, 0) is 27.2 Å². The normalized spacial score (nSPS) is 12.9. The van der Waals surface area contributed by atoms with Gasteiger partial charge in [0.05, 0.1) is 26.4 Å². The molecule has 0 amide bonds. The molecule has 1 aromatic rings. The van der Waals surface area contributed by atoms with Crippen molar-refractivity contribution < 1.29 is 32.0 Å². The molecule has 0 radical (unpaired) electrons. The Balaban J connectivity index is 3.35.